The van der Waals surface area contributed by atoms with Crippen LogP contribution in [0.3, 0.4) is 0 Å². The van der Waals surface area contributed by atoms with Crippen LogP contribution in [0.5, 0.6) is 0 Å². The van der Waals surface area contributed by atoms with Crippen molar-refractivity contribution in [1.29, 1.82) is 0 Å². The Morgan fingerprint density at radius 3 is 2.67 bits per heavy atom. The molecule has 3 aromatic heterocycles. The van der Waals surface area contributed by atoms with Crippen molar-refractivity contribution in [3.63, 3.8) is 0 Å². The van der Waals surface area contributed by atoms with Crippen molar-refractivity contribution in [1.82, 2.24) is 19.9 Å². The average Bonchev–Trinajstić information content (AvgIpc) is 3.17. The SMILES string of the molecule is Fc1ccc2nc(-c3ccncc3)nc(Nc3ccc4[nH]ccc4c3)c2c1. The Morgan fingerprint density at radius 1 is 0.889 bits per heavy atom. The number of aromatic nitrogens is 4. The Kier molecular flexibility index (Phi) is 3.53. The zero-order valence-corrected chi connectivity index (χ0v) is 14.1. The first-order valence-corrected chi connectivity index (χ1v) is 8.48. The van der Waals surface area contributed by atoms with Crippen LogP contribution in [0.4, 0.5) is 15.9 Å². The fraction of sp³-hybridized carbons (Fsp3) is 0. The van der Waals surface area contributed by atoms with Crippen molar-refractivity contribution in [2.75, 3.05) is 5.32 Å². The molecule has 5 nitrogen and oxygen atoms in total. The second kappa shape index (κ2) is 6.17. The maximum atomic E-state index is 13.8. The molecule has 0 fully saturated rings. The second-order valence-corrected chi connectivity index (χ2v) is 6.20. The van der Waals surface area contributed by atoms with Gasteiger partial charge < -0.3 is 10.3 Å². The van der Waals surface area contributed by atoms with E-state index >= 15 is 0 Å². The Balaban J connectivity index is 1.67. The van der Waals surface area contributed by atoms with E-state index in [1.54, 1.807) is 18.5 Å². The number of aromatic amines is 1. The molecule has 0 unspecified atom stereocenters. The van der Waals surface area contributed by atoms with Gasteiger partial charge in [-0.3, -0.25) is 4.98 Å². The van der Waals surface area contributed by atoms with E-state index in [1.807, 2.05) is 42.6 Å². The highest BCUT2D eigenvalue weighted by Gasteiger charge is 2.11. The van der Waals surface area contributed by atoms with Crippen molar-refractivity contribution in [3.8, 4) is 11.4 Å². The Bertz CT molecular complexity index is 1260. The molecular formula is C21H14FN5. The lowest BCUT2D eigenvalue weighted by Gasteiger charge is -2.11. The molecule has 27 heavy (non-hydrogen) atoms. The first-order chi connectivity index (χ1) is 13.3. The van der Waals surface area contributed by atoms with Crippen molar-refractivity contribution in [2.24, 2.45) is 0 Å². The molecule has 0 saturated carbocycles. The van der Waals surface area contributed by atoms with Gasteiger partial charge in [0.15, 0.2) is 5.82 Å². The molecule has 0 aliphatic carbocycles. The minimum absolute atomic E-state index is 0.327. The number of fused-ring (bicyclic) bond motifs is 2. The first kappa shape index (κ1) is 15.5. The van der Waals surface area contributed by atoms with Gasteiger partial charge in [0.05, 0.1) is 5.52 Å². The van der Waals surface area contributed by atoms with Crippen molar-refractivity contribution >= 4 is 33.3 Å². The van der Waals surface area contributed by atoms with E-state index in [0.717, 1.165) is 22.2 Å². The summed E-state index contributed by atoms with van der Waals surface area (Å²) < 4.78 is 13.8. The van der Waals surface area contributed by atoms with E-state index in [4.69, 9.17) is 0 Å². The Labute approximate surface area is 153 Å². The normalized spacial score (nSPS) is 11.1. The molecule has 0 amide bonds. The van der Waals surface area contributed by atoms with Crippen LogP contribution >= 0.6 is 0 Å². The molecule has 2 N–H and O–H groups in total. The van der Waals surface area contributed by atoms with Gasteiger partial charge in [-0.05, 0) is 54.6 Å². The van der Waals surface area contributed by atoms with Gasteiger partial charge in [-0.25, -0.2) is 14.4 Å². The fourth-order valence-electron chi connectivity index (χ4n) is 3.09. The Morgan fingerprint density at radius 2 is 1.78 bits per heavy atom. The maximum Gasteiger partial charge on any atom is 0.162 e. The zero-order valence-electron chi connectivity index (χ0n) is 14.1. The molecule has 0 radical (unpaired) electrons. The highest BCUT2D eigenvalue weighted by atomic mass is 19.1. The molecule has 0 bridgehead atoms. The van der Waals surface area contributed by atoms with Gasteiger partial charge in [0.25, 0.3) is 0 Å². The van der Waals surface area contributed by atoms with Crippen LogP contribution < -0.4 is 5.32 Å². The van der Waals surface area contributed by atoms with E-state index in [-0.39, 0.29) is 5.82 Å². The van der Waals surface area contributed by atoms with Crippen LogP contribution in [0, 0.1) is 5.82 Å². The molecule has 3 heterocycles. The summed E-state index contributed by atoms with van der Waals surface area (Å²) in [5.74, 6) is 0.787. The number of benzene rings is 2. The van der Waals surface area contributed by atoms with Crippen molar-refractivity contribution in [2.45, 2.75) is 0 Å². The van der Waals surface area contributed by atoms with Crippen LogP contribution in [-0.2, 0) is 0 Å². The summed E-state index contributed by atoms with van der Waals surface area (Å²) in [7, 11) is 0. The smallest absolute Gasteiger partial charge is 0.162 e. The summed E-state index contributed by atoms with van der Waals surface area (Å²) in [4.78, 5) is 16.4. The van der Waals surface area contributed by atoms with Gasteiger partial charge in [-0.2, -0.15) is 0 Å². The predicted octanol–water partition coefficient (Wildman–Crippen LogP) is 5.06. The Hall–Kier alpha value is -3.80. The van der Waals surface area contributed by atoms with Gasteiger partial charge in [0.2, 0.25) is 0 Å². The highest BCUT2D eigenvalue weighted by molar-refractivity contribution is 5.93. The summed E-state index contributed by atoms with van der Waals surface area (Å²) in [6.07, 6.45) is 5.28. The number of nitrogens with zero attached hydrogens (tertiary/aromatic N) is 3. The van der Waals surface area contributed by atoms with Gasteiger partial charge in [0.1, 0.15) is 11.6 Å². The monoisotopic (exact) mass is 355 g/mol. The van der Waals surface area contributed by atoms with Crippen molar-refractivity contribution < 1.29 is 4.39 Å². The predicted molar refractivity (Wildman–Crippen MR) is 104 cm³/mol. The van der Waals surface area contributed by atoms with Gasteiger partial charge in [-0.1, -0.05) is 0 Å². The number of anilines is 2. The first-order valence-electron chi connectivity index (χ1n) is 8.48. The molecule has 0 saturated heterocycles. The molecule has 0 aliphatic heterocycles. The molecule has 0 aliphatic rings. The molecule has 130 valence electrons. The van der Waals surface area contributed by atoms with Crippen LogP contribution in [0.1, 0.15) is 0 Å². The number of halogens is 1. The number of hydrogen-bond donors (Lipinski definition) is 2. The fourth-order valence-corrected chi connectivity index (χ4v) is 3.09. The topological polar surface area (TPSA) is 66.5 Å². The lowest BCUT2D eigenvalue weighted by atomic mass is 10.2. The van der Waals surface area contributed by atoms with Crippen LogP contribution in [-0.4, -0.2) is 19.9 Å². The minimum atomic E-state index is -0.327. The number of nitrogens with one attached hydrogen (secondary N) is 2. The number of hydrogen-bond acceptors (Lipinski definition) is 4. The molecule has 0 atom stereocenters. The molecule has 6 heteroatoms. The third kappa shape index (κ3) is 2.87. The molecule has 2 aromatic carbocycles. The zero-order chi connectivity index (χ0) is 18.2. The van der Waals surface area contributed by atoms with E-state index in [9.17, 15) is 4.39 Å². The number of H-pyrrole nitrogens is 1. The third-order valence-corrected chi connectivity index (χ3v) is 4.41. The van der Waals surface area contributed by atoms with E-state index in [0.29, 0.717) is 22.5 Å². The molecule has 5 rings (SSSR count). The molecule has 0 spiro atoms. The lowest BCUT2D eigenvalue weighted by Crippen LogP contribution is -2.00. The average molecular weight is 355 g/mol. The second-order valence-electron chi connectivity index (χ2n) is 6.20. The standard InChI is InChI=1S/C21H14FN5/c22-15-1-3-19-17(12-15)21(27-20(26-19)13-5-8-23-9-6-13)25-16-2-4-18-14(11-16)7-10-24-18/h1-12,24H,(H,25,26,27). The quantitative estimate of drug-likeness (QED) is 0.475. The number of rotatable bonds is 3. The van der Waals surface area contributed by atoms with Crippen LogP contribution in [0.2, 0.25) is 0 Å². The third-order valence-electron chi connectivity index (χ3n) is 4.41. The van der Waals surface area contributed by atoms with Gasteiger partial charge in [0, 0.05) is 46.1 Å². The summed E-state index contributed by atoms with van der Waals surface area (Å²) in [5.41, 5.74) is 3.44. The summed E-state index contributed by atoms with van der Waals surface area (Å²) in [6, 6.07) is 16.2. The largest absolute Gasteiger partial charge is 0.361 e. The van der Waals surface area contributed by atoms with E-state index < -0.39 is 0 Å². The highest BCUT2D eigenvalue weighted by Crippen LogP contribution is 2.29. The summed E-state index contributed by atoms with van der Waals surface area (Å²) in [5, 5.41) is 5.03. The number of pyridine rings is 1. The van der Waals surface area contributed by atoms with Crippen LogP contribution in [0.15, 0.2) is 73.2 Å². The van der Waals surface area contributed by atoms with Gasteiger partial charge >= 0.3 is 0 Å². The lowest BCUT2D eigenvalue weighted by molar-refractivity contribution is 0.629. The molecule has 5 aromatic rings. The van der Waals surface area contributed by atoms with Gasteiger partial charge in [-0.15, -0.1) is 0 Å². The van der Waals surface area contributed by atoms with Crippen molar-refractivity contribution in [3.05, 3.63) is 79.0 Å². The summed E-state index contributed by atoms with van der Waals surface area (Å²) in [6.45, 7) is 0. The maximum absolute atomic E-state index is 13.8. The summed E-state index contributed by atoms with van der Waals surface area (Å²) >= 11 is 0. The van der Waals surface area contributed by atoms with E-state index in [2.05, 4.69) is 25.3 Å². The van der Waals surface area contributed by atoms with E-state index in [1.165, 1.54) is 12.1 Å². The minimum Gasteiger partial charge on any atom is -0.361 e. The molecular weight excluding hydrogens is 341 g/mol. The van der Waals surface area contributed by atoms with Crippen LogP contribution in [0.25, 0.3) is 33.2 Å².